The molecule has 0 aromatic rings. The summed E-state index contributed by atoms with van der Waals surface area (Å²) < 4.78 is 13.0. The van der Waals surface area contributed by atoms with Crippen LogP contribution < -0.4 is 5.32 Å². The summed E-state index contributed by atoms with van der Waals surface area (Å²) in [4.78, 5) is 14.8. The smallest absolute Gasteiger partial charge is 0.404 e. The van der Waals surface area contributed by atoms with Crippen molar-refractivity contribution in [3.05, 3.63) is 0 Å². The molecule has 132 valence electrons. The van der Waals surface area contributed by atoms with Crippen LogP contribution in [0.25, 0.3) is 0 Å². The third-order valence-corrected chi connectivity index (χ3v) is 7.85. The van der Waals surface area contributed by atoms with Crippen molar-refractivity contribution in [3.63, 3.8) is 0 Å². The van der Waals surface area contributed by atoms with E-state index in [2.05, 4.69) is 26.1 Å². The van der Waals surface area contributed by atoms with Crippen molar-refractivity contribution in [2.75, 3.05) is 13.1 Å². The molecule has 3 saturated heterocycles. The van der Waals surface area contributed by atoms with Gasteiger partial charge in [-0.3, -0.25) is 4.79 Å². The van der Waals surface area contributed by atoms with Crippen molar-refractivity contribution in [3.8, 4) is 0 Å². The van der Waals surface area contributed by atoms with Crippen molar-refractivity contribution in [1.82, 2.24) is 10.2 Å². The van der Waals surface area contributed by atoms with Crippen LogP contribution in [-0.4, -0.2) is 54.7 Å². The van der Waals surface area contributed by atoms with Gasteiger partial charge in [0.1, 0.15) is 0 Å². The van der Waals surface area contributed by atoms with E-state index in [0.717, 1.165) is 44.7 Å². The zero-order valence-electron chi connectivity index (χ0n) is 15.1. The van der Waals surface area contributed by atoms with E-state index >= 15 is 0 Å². The molecular weight excluding hydrogens is 303 g/mol. The number of carbonyl (C=O) groups excluding carboxylic acids is 1. The summed E-state index contributed by atoms with van der Waals surface area (Å²) in [6.07, 6.45) is 5.61. The Kier molecular flexibility index (Phi) is 3.25. The normalized spacial score (nSPS) is 48.7. The van der Waals surface area contributed by atoms with Crippen molar-refractivity contribution in [2.45, 2.75) is 76.6 Å². The van der Waals surface area contributed by atoms with E-state index in [1.807, 2.05) is 4.90 Å². The number of amides is 1. The molecule has 24 heavy (non-hydrogen) atoms. The second-order valence-electron chi connectivity index (χ2n) is 9.46. The summed E-state index contributed by atoms with van der Waals surface area (Å²) >= 11 is 0. The molecule has 2 bridgehead atoms. The van der Waals surface area contributed by atoms with Gasteiger partial charge < -0.3 is 19.5 Å². The molecule has 0 spiro atoms. The van der Waals surface area contributed by atoms with Crippen LogP contribution >= 0.6 is 0 Å². The van der Waals surface area contributed by atoms with Crippen molar-refractivity contribution >= 4 is 13.0 Å². The van der Waals surface area contributed by atoms with Crippen LogP contribution in [0.1, 0.15) is 52.9 Å². The standard InChI is InChI=1S/C18H29BN2O3/c1-17(2)11-9-12(17)15-18(3,10-11)24-19(23-15)14-5-4-8-21(14)16(22)13-6-7-20-13/h11-15,20H,4-10H2,1-3H3/t11-,12+,13+,14+,15-,18+/m1/s1. The minimum Gasteiger partial charge on any atom is -0.404 e. The Hall–Kier alpha value is -0.585. The van der Waals surface area contributed by atoms with E-state index in [0.29, 0.717) is 11.3 Å². The molecule has 5 nitrogen and oxygen atoms in total. The molecule has 1 amide bonds. The summed E-state index contributed by atoms with van der Waals surface area (Å²) in [5.74, 6) is 1.71. The zero-order chi connectivity index (χ0) is 16.7. The maximum Gasteiger partial charge on any atom is 0.481 e. The van der Waals surface area contributed by atoms with Crippen LogP contribution in [0.2, 0.25) is 0 Å². The summed E-state index contributed by atoms with van der Waals surface area (Å²) in [7, 11) is -0.235. The van der Waals surface area contributed by atoms with Gasteiger partial charge in [0.25, 0.3) is 0 Å². The van der Waals surface area contributed by atoms with Gasteiger partial charge in [0, 0.05) is 6.54 Å². The summed E-state index contributed by atoms with van der Waals surface area (Å²) in [6, 6.07) is 0.0246. The molecule has 3 aliphatic carbocycles. The van der Waals surface area contributed by atoms with Gasteiger partial charge in [0.05, 0.1) is 23.7 Å². The van der Waals surface area contributed by atoms with Gasteiger partial charge in [-0.15, -0.1) is 0 Å². The Bertz CT molecular complexity index is 566. The molecule has 0 aromatic carbocycles. The Morgan fingerprint density at radius 1 is 1.29 bits per heavy atom. The fourth-order valence-electron chi connectivity index (χ4n) is 5.96. The zero-order valence-corrected chi connectivity index (χ0v) is 15.1. The van der Waals surface area contributed by atoms with E-state index in [4.69, 9.17) is 9.31 Å². The molecule has 0 aromatic heterocycles. The van der Waals surface area contributed by atoms with Gasteiger partial charge in [-0.1, -0.05) is 13.8 Å². The fraction of sp³-hybridized carbons (Fsp3) is 0.944. The predicted octanol–water partition coefficient (Wildman–Crippen LogP) is 1.61. The number of carbonyl (C=O) groups is 1. The predicted molar refractivity (Wildman–Crippen MR) is 91.3 cm³/mol. The average molecular weight is 332 g/mol. The van der Waals surface area contributed by atoms with Gasteiger partial charge in [-0.2, -0.15) is 0 Å². The molecule has 3 aliphatic heterocycles. The van der Waals surface area contributed by atoms with Gasteiger partial charge in [-0.05, 0) is 62.8 Å². The Morgan fingerprint density at radius 3 is 2.75 bits per heavy atom. The Labute approximate surface area is 145 Å². The van der Waals surface area contributed by atoms with E-state index in [-0.39, 0.29) is 36.7 Å². The van der Waals surface area contributed by atoms with Gasteiger partial charge in [0.2, 0.25) is 5.91 Å². The van der Waals surface area contributed by atoms with Gasteiger partial charge in [0.15, 0.2) is 0 Å². The largest absolute Gasteiger partial charge is 0.481 e. The lowest BCUT2D eigenvalue weighted by Gasteiger charge is -2.63. The van der Waals surface area contributed by atoms with Crippen LogP contribution in [0.5, 0.6) is 0 Å². The maximum atomic E-state index is 12.7. The number of rotatable bonds is 2. The van der Waals surface area contributed by atoms with Crippen LogP contribution in [0.4, 0.5) is 0 Å². The highest BCUT2D eigenvalue weighted by Gasteiger charge is 2.67. The molecule has 1 N–H and O–H groups in total. The molecule has 0 unspecified atom stereocenters. The van der Waals surface area contributed by atoms with Crippen molar-refractivity contribution in [2.24, 2.45) is 17.3 Å². The average Bonchev–Trinajstić information content (AvgIpc) is 3.07. The summed E-state index contributed by atoms with van der Waals surface area (Å²) in [6.45, 7) is 8.82. The summed E-state index contributed by atoms with van der Waals surface area (Å²) in [5.41, 5.74) is 0.225. The first-order valence-corrected chi connectivity index (χ1v) is 9.77. The van der Waals surface area contributed by atoms with Gasteiger partial charge in [-0.25, -0.2) is 0 Å². The van der Waals surface area contributed by atoms with Crippen LogP contribution in [0.3, 0.4) is 0 Å². The number of likely N-dealkylation sites (tertiary alicyclic amines) is 1. The minimum absolute atomic E-state index is 0.0246. The first-order chi connectivity index (χ1) is 11.4. The fourth-order valence-corrected chi connectivity index (χ4v) is 5.96. The van der Waals surface area contributed by atoms with Crippen molar-refractivity contribution in [1.29, 1.82) is 0 Å². The minimum atomic E-state index is -0.235. The first-order valence-electron chi connectivity index (χ1n) is 9.77. The first kappa shape index (κ1) is 15.7. The lowest BCUT2D eigenvalue weighted by atomic mass is 9.45. The monoisotopic (exact) mass is 332 g/mol. The Balaban J connectivity index is 1.34. The molecule has 6 rings (SSSR count). The third-order valence-electron chi connectivity index (χ3n) is 7.85. The van der Waals surface area contributed by atoms with E-state index < -0.39 is 0 Å². The molecule has 3 heterocycles. The lowest BCUT2D eigenvalue weighted by Crippen LogP contribution is -2.63. The second-order valence-corrected chi connectivity index (χ2v) is 9.46. The molecule has 6 heteroatoms. The second kappa shape index (κ2) is 4.98. The van der Waals surface area contributed by atoms with Crippen LogP contribution in [0.15, 0.2) is 0 Å². The Morgan fingerprint density at radius 2 is 2.08 bits per heavy atom. The van der Waals surface area contributed by atoms with Crippen molar-refractivity contribution < 1.29 is 14.1 Å². The van der Waals surface area contributed by atoms with Crippen LogP contribution in [-0.2, 0) is 14.1 Å². The van der Waals surface area contributed by atoms with E-state index in [9.17, 15) is 4.79 Å². The maximum absolute atomic E-state index is 12.7. The van der Waals surface area contributed by atoms with E-state index in [1.54, 1.807) is 0 Å². The number of hydrogen-bond acceptors (Lipinski definition) is 4. The number of nitrogens with zero attached hydrogens (tertiary/aromatic N) is 1. The number of nitrogens with one attached hydrogen (secondary N) is 1. The highest BCUT2D eigenvalue weighted by molar-refractivity contribution is 6.48. The molecular formula is C18H29BN2O3. The quantitative estimate of drug-likeness (QED) is 0.781. The molecule has 6 aliphatic rings. The summed E-state index contributed by atoms with van der Waals surface area (Å²) in [5, 5.41) is 3.24. The molecule has 3 saturated carbocycles. The van der Waals surface area contributed by atoms with E-state index in [1.165, 1.54) is 6.42 Å². The number of hydrogen-bond donors (Lipinski definition) is 1. The topological polar surface area (TPSA) is 50.8 Å². The lowest BCUT2D eigenvalue weighted by molar-refractivity contribution is -0.185. The molecule has 0 radical (unpaired) electrons. The molecule has 6 fully saturated rings. The van der Waals surface area contributed by atoms with Gasteiger partial charge >= 0.3 is 7.12 Å². The third kappa shape index (κ3) is 1.96. The SMILES string of the molecule is CC1(C)[C@@H]2C[C@H]1[C@H]1OB([C@@H]3CCCN3C(=O)[C@@H]3CCN3)O[C@@]1(C)C2. The molecule has 6 atom stereocenters. The van der Waals surface area contributed by atoms with Crippen LogP contribution in [0, 0.1) is 17.3 Å². The highest BCUT2D eigenvalue weighted by Crippen LogP contribution is 2.64. The highest BCUT2D eigenvalue weighted by atomic mass is 16.7.